The van der Waals surface area contributed by atoms with Crippen molar-refractivity contribution >= 4 is 0 Å². The lowest BCUT2D eigenvalue weighted by molar-refractivity contribution is 0.110. The highest BCUT2D eigenvalue weighted by Crippen LogP contribution is 1.89. The van der Waals surface area contributed by atoms with Crippen molar-refractivity contribution in [2.24, 2.45) is 0 Å². The van der Waals surface area contributed by atoms with Crippen molar-refractivity contribution in [3.05, 3.63) is 0 Å². The molecule has 0 aliphatic heterocycles. The number of aliphatic hydroxyl groups excluding tert-OH is 3. The molecule has 0 saturated carbocycles. The predicted molar refractivity (Wildman–Crippen MR) is 45.4 cm³/mol. The molecule has 0 fully saturated rings. The van der Waals surface area contributed by atoms with E-state index in [-0.39, 0.29) is 6.61 Å². The first-order chi connectivity index (χ1) is 5.18. The molecule has 0 aromatic heterocycles. The van der Waals surface area contributed by atoms with E-state index in [0.29, 0.717) is 6.61 Å². The highest BCUT2D eigenvalue weighted by atomic mass is 16.3. The maximum absolute atomic E-state index is 8.20. The Hall–Kier alpha value is -0.120. The standard InChI is InChI=1S/C5H12O.C3H8O2/c1-2-3-4-5-6;1-3(5)2-4/h6H,2-5H2,1H3;3-5H,2H2,1H3. The van der Waals surface area contributed by atoms with E-state index in [1.165, 1.54) is 13.3 Å². The van der Waals surface area contributed by atoms with Gasteiger partial charge in [0.15, 0.2) is 0 Å². The average Bonchev–Trinajstić information content (AvgIpc) is 2.02. The van der Waals surface area contributed by atoms with Gasteiger partial charge in [0.05, 0.1) is 12.7 Å². The van der Waals surface area contributed by atoms with Crippen LogP contribution < -0.4 is 0 Å². The van der Waals surface area contributed by atoms with Gasteiger partial charge in [0.25, 0.3) is 0 Å². The van der Waals surface area contributed by atoms with Crippen molar-refractivity contribution in [3.63, 3.8) is 0 Å². The van der Waals surface area contributed by atoms with Crippen LogP contribution in [0.5, 0.6) is 0 Å². The lowest BCUT2D eigenvalue weighted by Gasteiger charge is -1.90. The Morgan fingerprint density at radius 2 is 1.64 bits per heavy atom. The number of hydrogen-bond acceptors (Lipinski definition) is 3. The number of unbranched alkanes of at least 4 members (excludes halogenated alkanes) is 2. The average molecular weight is 164 g/mol. The van der Waals surface area contributed by atoms with Crippen molar-refractivity contribution in [1.82, 2.24) is 0 Å². The Morgan fingerprint density at radius 1 is 1.18 bits per heavy atom. The molecule has 0 spiro atoms. The second kappa shape index (κ2) is 12.5. The van der Waals surface area contributed by atoms with Crippen molar-refractivity contribution < 1.29 is 15.3 Å². The van der Waals surface area contributed by atoms with Gasteiger partial charge in [-0.15, -0.1) is 0 Å². The van der Waals surface area contributed by atoms with E-state index in [1.807, 2.05) is 0 Å². The molecule has 11 heavy (non-hydrogen) atoms. The predicted octanol–water partition coefficient (Wildman–Crippen LogP) is 0.528. The van der Waals surface area contributed by atoms with Crippen LogP contribution in [0.4, 0.5) is 0 Å². The van der Waals surface area contributed by atoms with E-state index in [1.54, 1.807) is 0 Å². The minimum Gasteiger partial charge on any atom is -0.396 e. The second-order valence-electron chi connectivity index (χ2n) is 2.46. The van der Waals surface area contributed by atoms with Gasteiger partial charge in [-0.25, -0.2) is 0 Å². The Morgan fingerprint density at radius 3 is 1.73 bits per heavy atom. The Balaban J connectivity index is 0. The molecule has 0 aliphatic rings. The summed E-state index contributed by atoms with van der Waals surface area (Å²) in [5, 5.41) is 24.2. The fourth-order valence-electron chi connectivity index (χ4n) is 0.362. The van der Waals surface area contributed by atoms with Gasteiger partial charge >= 0.3 is 0 Å². The molecule has 0 aromatic carbocycles. The molecule has 0 amide bonds. The first kappa shape index (κ1) is 13.5. The van der Waals surface area contributed by atoms with Crippen molar-refractivity contribution in [1.29, 1.82) is 0 Å². The van der Waals surface area contributed by atoms with Crippen LogP contribution >= 0.6 is 0 Å². The van der Waals surface area contributed by atoms with E-state index < -0.39 is 6.10 Å². The van der Waals surface area contributed by atoms with Gasteiger partial charge in [0.1, 0.15) is 0 Å². The normalized spacial score (nSPS) is 11.7. The van der Waals surface area contributed by atoms with Crippen LogP contribution in [0, 0.1) is 0 Å². The zero-order valence-electron chi connectivity index (χ0n) is 7.45. The van der Waals surface area contributed by atoms with Gasteiger partial charge in [-0.3, -0.25) is 0 Å². The maximum atomic E-state index is 8.20. The molecule has 3 nitrogen and oxygen atoms in total. The lowest BCUT2D eigenvalue weighted by atomic mass is 10.3. The molecule has 70 valence electrons. The third kappa shape index (κ3) is 25.8. The molecule has 0 aromatic rings. The Kier molecular flexibility index (Phi) is 15.4. The first-order valence-corrected chi connectivity index (χ1v) is 4.08. The van der Waals surface area contributed by atoms with Crippen molar-refractivity contribution in [3.8, 4) is 0 Å². The Labute approximate surface area is 68.7 Å². The lowest BCUT2D eigenvalue weighted by Crippen LogP contribution is -2.03. The number of rotatable bonds is 4. The highest BCUT2D eigenvalue weighted by molar-refractivity contribution is 4.34. The van der Waals surface area contributed by atoms with Crippen LogP contribution in [0.25, 0.3) is 0 Å². The SMILES string of the molecule is CC(O)CO.CCCCCO. The molecule has 0 rings (SSSR count). The summed E-state index contributed by atoms with van der Waals surface area (Å²) in [6.45, 7) is 3.86. The fourth-order valence-corrected chi connectivity index (χ4v) is 0.362. The molecular weight excluding hydrogens is 144 g/mol. The minimum atomic E-state index is -0.560. The molecular formula is C8H20O3. The van der Waals surface area contributed by atoms with Crippen LogP contribution in [0.3, 0.4) is 0 Å². The van der Waals surface area contributed by atoms with E-state index in [4.69, 9.17) is 15.3 Å². The van der Waals surface area contributed by atoms with Gasteiger partial charge in [-0.2, -0.15) is 0 Å². The van der Waals surface area contributed by atoms with Crippen LogP contribution in [-0.2, 0) is 0 Å². The fraction of sp³-hybridized carbons (Fsp3) is 1.00. The third-order valence-electron chi connectivity index (χ3n) is 1.03. The summed E-state index contributed by atoms with van der Waals surface area (Å²) in [5.74, 6) is 0. The van der Waals surface area contributed by atoms with Crippen molar-refractivity contribution in [2.75, 3.05) is 13.2 Å². The largest absolute Gasteiger partial charge is 0.396 e. The molecule has 0 radical (unpaired) electrons. The molecule has 1 unspecified atom stereocenters. The maximum Gasteiger partial charge on any atom is 0.0742 e. The van der Waals surface area contributed by atoms with E-state index in [9.17, 15) is 0 Å². The van der Waals surface area contributed by atoms with Crippen LogP contribution in [0.2, 0.25) is 0 Å². The topological polar surface area (TPSA) is 60.7 Å². The molecule has 3 N–H and O–H groups in total. The molecule has 0 aliphatic carbocycles. The van der Waals surface area contributed by atoms with Gasteiger partial charge in [-0.1, -0.05) is 19.8 Å². The monoisotopic (exact) mass is 164 g/mol. The molecule has 0 saturated heterocycles. The summed E-state index contributed by atoms with van der Waals surface area (Å²) in [7, 11) is 0. The number of aliphatic hydroxyl groups is 3. The summed E-state index contributed by atoms with van der Waals surface area (Å²) in [6, 6.07) is 0. The number of hydrogen-bond donors (Lipinski definition) is 3. The van der Waals surface area contributed by atoms with Gasteiger partial charge < -0.3 is 15.3 Å². The minimum absolute atomic E-state index is 0.139. The summed E-state index contributed by atoms with van der Waals surface area (Å²) in [5.41, 5.74) is 0. The summed E-state index contributed by atoms with van der Waals surface area (Å²) in [4.78, 5) is 0. The summed E-state index contributed by atoms with van der Waals surface area (Å²) >= 11 is 0. The summed E-state index contributed by atoms with van der Waals surface area (Å²) < 4.78 is 0. The highest BCUT2D eigenvalue weighted by Gasteiger charge is 1.83. The summed E-state index contributed by atoms with van der Waals surface area (Å²) in [6.07, 6.45) is 2.77. The van der Waals surface area contributed by atoms with E-state index in [0.717, 1.165) is 12.8 Å². The quantitative estimate of drug-likeness (QED) is 0.531. The van der Waals surface area contributed by atoms with Crippen LogP contribution in [-0.4, -0.2) is 34.6 Å². The van der Waals surface area contributed by atoms with Gasteiger partial charge in [0, 0.05) is 6.61 Å². The third-order valence-corrected chi connectivity index (χ3v) is 1.03. The smallest absolute Gasteiger partial charge is 0.0742 e. The molecule has 0 heterocycles. The van der Waals surface area contributed by atoms with Gasteiger partial charge in [-0.05, 0) is 13.3 Å². The molecule has 0 bridgehead atoms. The van der Waals surface area contributed by atoms with E-state index >= 15 is 0 Å². The Bertz CT molecular complexity index is 51.3. The van der Waals surface area contributed by atoms with Crippen LogP contribution in [0.1, 0.15) is 33.1 Å². The second-order valence-corrected chi connectivity index (χ2v) is 2.46. The zero-order chi connectivity index (χ0) is 9.11. The first-order valence-electron chi connectivity index (χ1n) is 4.08. The molecule has 1 atom stereocenters. The molecule has 3 heteroatoms. The van der Waals surface area contributed by atoms with E-state index in [2.05, 4.69) is 6.92 Å². The van der Waals surface area contributed by atoms with Gasteiger partial charge in [0.2, 0.25) is 0 Å². The van der Waals surface area contributed by atoms with Crippen LogP contribution in [0.15, 0.2) is 0 Å². The van der Waals surface area contributed by atoms with Crippen molar-refractivity contribution in [2.45, 2.75) is 39.2 Å². The zero-order valence-corrected chi connectivity index (χ0v) is 7.45.